The van der Waals surface area contributed by atoms with Gasteiger partial charge in [-0.2, -0.15) is 0 Å². The summed E-state index contributed by atoms with van der Waals surface area (Å²) >= 11 is 10.3. The maximum absolute atomic E-state index is 5.96. The molecule has 3 heterocycles. The number of hydrogen-bond acceptors (Lipinski definition) is 8. The van der Waals surface area contributed by atoms with Crippen molar-refractivity contribution in [3.63, 3.8) is 0 Å². The highest BCUT2D eigenvalue weighted by Gasteiger charge is 2.11. The standard InChI is InChI=1S/C9H7ClN6S3/c10-8-7(11-15-19-8)5-18-9-12-13-14-16(9)4-6-2-1-3-17-6/h1-3H,4-5H2. The molecule has 3 aromatic heterocycles. The van der Waals surface area contributed by atoms with Crippen molar-refractivity contribution in [2.75, 3.05) is 0 Å². The zero-order valence-corrected chi connectivity index (χ0v) is 12.6. The van der Waals surface area contributed by atoms with Gasteiger partial charge in [-0.1, -0.05) is 33.9 Å². The number of thiophene rings is 1. The van der Waals surface area contributed by atoms with Crippen LogP contribution in [0, 0.1) is 0 Å². The van der Waals surface area contributed by atoms with E-state index in [0.717, 1.165) is 10.9 Å². The highest BCUT2D eigenvalue weighted by Crippen LogP contribution is 2.25. The molecule has 0 N–H and O–H groups in total. The number of tetrazole rings is 1. The molecule has 0 aromatic carbocycles. The molecule has 3 aromatic rings. The minimum absolute atomic E-state index is 0.611. The fourth-order valence-corrected chi connectivity index (χ4v) is 3.66. The summed E-state index contributed by atoms with van der Waals surface area (Å²) in [7, 11) is 0. The van der Waals surface area contributed by atoms with Gasteiger partial charge in [0.1, 0.15) is 10.0 Å². The first kappa shape index (κ1) is 13.0. The fourth-order valence-electron chi connectivity index (χ4n) is 1.37. The Balaban J connectivity index is 1.68. The second kappa shape index (κ2) is 5.95. The molecule has 0 bridgehead atoms. The molecule has 0 fully saturated rings. The van der Waals surface area contributed by atoms with Crippen molar-refractivity contribution >= 4 is 46.2 Å². The van der Waals surface area contributed by atoms with E-state index in [0.29, 0.717) is 16.6 Å². The van der Waals surface area contributed by atoms with Gasteiger partial charge >= 0.3 is 0 Å². The lowest BCUT2D eigenvalue weighted by atomic mass is 10.5. The predicted molar refractivity (Wildman–Crippen MR) is 75.7 cm³/mol. The monoisotopic (exact) mass is 330 g/mol. The van der Waals surface area contributed by atoms with Crippen molar-refractivity contribution in [1.82, 2.24) is 29.8 Å². The molecule has 0 saturated heterocycles. The molecular formula is C9H7ClN6S3. The number of halogens is 1. The van der Waals surface area contributed by atoms with Gasteiger partial charge in [0.15, 0.2) is 0 Å². The highest BCUT2D eigenvalue weighted by molar-refractivity contribution is 7.98. The van der Waals surface area contributed by atoms with Gasteiger partial charge < -0.3 is 0 Å². The highest BCUT2D eigenvalue weighted by atomic mass is 35.5. The summed E-state index contributed by atoms with van der Waals surface area (Å²) in [6.07, 6.45) is 0. The van der Waals surface area contributed by atoms with Gasteiger partial charge in [0.05, 0.1) is 6.54 Å². The van der Waals surface area contributed by atoms with Crippen LogP contribution in [0.1, 0.15) is 10.6 Å². The van der Waals surface area contributed by atoms with Gasteiger partial charge in [-0.25, -0.2) is 4.68 Å². The summed E-state index contributed by atoms with van der Waals surface area (Å²) in [4.78, 5) is 1.21. The SMILES string of the molecule is Clc1snnc1CSc1nnnn1Cc1cccs1. The number of nitrogens with zero attached hydrogens (tertiary/aromatic N) is 6. The third-order valence-corrected chi connectivity index (χ3v) is 5.05. The van der Waals surface area contributed by atoms with E-state index in [1.807, 2.05) is 11.4 Å². The van der Waals surface area contributed by atoms with Crippen LogP contribution in [0.4, 0.5) is 0 Å². The minimum atomic E-state index is 0.611. The molecule has 0 saturated carbocycles. The van der Waals surface area contributed by atoms with E-state index in [-0.39, 0.29) is 0 Å². The van der Waals surface area contributed by atoms with Gasteiger partial charge in [-0.3, -0.25) is 0 Å². The number of hydrogen-bond donors (Lipinski definition) is 0. The molecule has 10 heteroatoms. The van der Waals surface area contributed by atoms with Crippen molar-refractivity contribution < 1.29 is 0 Å². The number of thioether (sulfide) groups is 1. The molecule has 0 aliphatic carbocycles. The van der Waals surface area contributed by atoms with Crippen LogP contribution in [0.2, 0.25) is 4.34 Å². The van der Waals surface area contributed by atoms with Gasteiger partial charge in [0, 0.05) is 22.2 Å². The van der Waals surface area contributed by atoms with E-state index in [4.69, 9.17) is 11.6 Å². The lowest BCUT2D eigenvalue weighted by Crippen LogP contribution is -2.02. The Bertz CT molecular complexity index is 649. The predicted octanol–water partition coefficient (Wildman–Crippen LogP) is 2.58. The van der Waals surface area contributed by atoms with Crippen molar-refractivity contribution in [3.8, 4) is 0 Å². The minimum Gasteiger partial charge on any atom is -0.215 e. The summed E-state index contributed by atoms with van der Waals surface area (Å²) in [5.41, 5.74) is 0.766. The summed E-state index contributed by atoms with van der Waals surface area (Å²) in [5, 5.41) is 18.4. The molecule has 6 nitrogen and oxygen atoms in total. The number of rotatable bonds is 5. The zero-order chi connectivity index (χ0) is 13.1. The van der Waals surface area contributed by atoms with Gasteiger partial charge in [0.2, 0.25) is 5.16 Å². The summed E-state index contributed by atoms with van der Waals surface area (Å²) in [6.45, 7) is 0.677. The molecule has 0 aliphatic heterocycles. The van der Waals surface area contributed by atoms with Gasteiger partial charge in [0.25, 0.3) is 0 Å². The molecule has 0 amide bonds. The summed E-state index contributed by atoms with van der Waals surface area (Å²) in [5.74, 6) is 0.611. The topological polar surface area (TPSA) is 69.4 Å². The van der Waals surface area contributed by atoms with Crippen molar-refractivity contribution in [2.24, 2.45) is 0 Å². The lowest BCUT2D eigenvalue weighted by Gasteiger charge is -2.01. The van der Waals surface area contributed by atoms with Crippen molar-refractivity contribution in [2.45, 2.75) is 17.5 Å². The quantitative estimate of drug-likeness (QED) is 0.670. The van der Waals surface area contributed by atoms with Crippen LogP contribution in [0.5, 0.6) is 0 Å². The van der Waals surface area contributed by atoms with Crippen LogP contribution in [-0.4, -0.2) is 29.8 Å². The second-order valence-corrected chi connectivity index (χ2v) is 6.81. The van der Waals surface area contributed by atoms with E-state index in [1.54, 1.807) is 16.0 Å². The largest absolute Gasteiger partial charge is 0.215 e. The van der Waals surface area contributed by atoms with Gasteiger partial charge in [-0.15, -0.1) is 21.5 Å². The van der Waals surface area contributed by atoms with E-state index in [1.165, 1.54) is 28.2 Å². The van der Waals surface area contributed by atoms with Crippen molar-refractivity contribution in [1.29, 1.82) is 0 Å². The molecule has 0 atom stereocenters. The zero-order valence-electron chi connectivity index (χ0n) is 9.43. The maximum atomic E-state index is 5.96. The molecule has 0 aliphatic rings. The molecule has 0 spiro atoms. The average molecular weight is 331 g/mol. The molecular weight excluding hydrogens is 324 g/mol. The normalized spacial score (nSPS) is 11.0. The Morgan fingerprint density at radius 3 is 3.05 bits per heavy atom. The molecule has 98 valence electrons. The second-order valence-electron chi connectivity index (χ2n) is 3.48. The van der Waals surface area contributed by atoms with Crippen LogP contribution >= 0.6 is 46.2 Å². The van der Waals surface area contributed by atoms with Crippen LogP contribution < -0.4 is 0 Å². The van der Waals surface area contributed by atoms with Crippen LogP contribution in [-0.2, 0) is 12.3 Å². The number of aromatic nitrogens is 6. The summed E-state index contributed by atoms with van der Waals surface area (Å²) in [6, 6.07) is 4.07. The van der Waals surface area contributed by atoms with Crippen LogP contribution in [0.15, 0.2) is 22.7 Å². The first-order valence-electron chi connectivity index (χ1n) is 5.21. The molecule has 19 heavy (non-hydrogen) atoms. The fraction of sp³-hybridized carbons (Fsp3) is 0.222. The Morgan fingerprint density at radius 2 is 2.32 bits per heavy atom. The molecule has 0 unspecified atom stereocenters. The third-order valence-electron chi connectivity index (χ3n) is 2.23. The van der Waals surface area contributed by atoms with Crippen LogP contribution in [0.25, 0.3) is 0 Å². The maximum Gasteiger partial charge on any atom is 0.210 e. The van der Waals surface area contributed by atoms with E-state index >= 15 is 0 Å². The summed E-state index contributed by atoms with van der Waals surface area (Å²) < 4.78 is 6.18. The first-order valence-corrected chi connectivity index (χ1v) is 8.22. The average Bonchev–Trinajstić information content (AvgIpc) is 3.11. The Kier molecular flexibility index (Phi) is 4.06. The van der Waals surface area contributed by atoms with E-state index in [9.17, 15) is 0 Å². The third kappa shape index (κ3) is 3.11. The van der Waals surface area contributed by atoms with E-state index in [2.05, 4.69) is 31.2 Å². The molecule has 3 rings (SSSR count). The Hall–Kier alpha value is -1.03. The first-order chi connectivity index (χ1) is 9.33. The van der Waals surface area contributed by atoms with Crippen molar-refractivity contribution in [3.05, 3.63) is 32.4 Å². The smallest absolute Gasteiger partial charge is 0.210 e. The molecule has 0 radical (unpaired) electrons. The Morgan fingerprint density at radius 1 is 1.37 bits per heavy atom. The lowest BCUT2D eigenvalue weighted by molar-refractivity contribution is 0.608. The van der Waals surface area contributed by atoms with Gasteiger partial charge in [-0.05, 0) is 21.9 Å². The Labute approximate surface area is 126 Å². The van der Waals surface area contributed by atoms with E-state index < -0.39 is 0 Å². The van der Waals surface area contributed by atoms with Crippen LogP contribution in [0.3, 0.4) is 0 Å².